The van der Waals surface area contributed by atoms with Crippen LogP contribution in [0.25, 0.3) is 0 Å². The Morgan fingerprint density at radius 1 is 0.708 bits per heavy atom. The van der Waals surface area contributed by atoms with Gasteiger partial charge >= 0.3 is 0 Å². The first-order valence-electron chi connectivity index (χ1n) is 7.83. The van der Waals surface area contributed by atoms with Crippen LogP contribution in [0.4, 0.5) is 0 Å². The van der Waals surface area contributed by atoms with Gasteiger partial charge in [-0.25, -0.2) is 0 Å². The third kappa shape index (κ3) is 9.21. The van der Waals surface area contributed by atoms with Crippen molar-refractivity contribution < 1.29 is 0 Å². The zero-order chi connectivity index (χ0) is 17.6. The van der Waals surface area contributed by atoms with Gasteiger partial charge in [0.25, 0.3) is 0 Å². The molecule has 0 heterocycles. The van der Waals surface area contributed by atoms with E-state index in [-0.39, 0.29) is 0 Å². The molecule has 2 aromatic carbocycles. The van der Waals surface area contributed by atoms with E-state index in [1.807, 2.05) is 36.0 Å². The zero-order valence-electron chi connectivity index (χ0n) is 13.6. The molecule has 0 spiro atoms. The highest BCUT2D eigenvalue weighted by atomic mass is 35.5. The molecule has 0 bridgehead atoms. The molecular weight excluding hydrogens is 379 g/mol. The minimum Gasteiger partial charge on any atom is -0.330 e. The number of benzene rings is 2. The van der Waals surface area contributed by atoms with Crippen LogP contribution in [-0.4, -0.2) is 24.6 Å². The van der Waals surface area contributed by atoms with Crippen LogP contribution in [0.2, 0.25) is 10.0 Å². The lowest BCUT2D eigenvalue weighted by Gasteiger charge is -2.04. The van der Waals surface area contributed by atoms with Gasteiger partial charge in [-0.3, -0.25) is 0 Å². The van der Waals surface area contributed by atoms with E-state index in [4.69, 9.17) is 34.7 Å². The summed E-state index contributed by atoms with van der Waals surface area (Å²) in [5.74, 6) is 2.08. The molecule has 24 heavy (non-hydrogen) atoms. The van der Waals surface area contributed by atoms with Crippen LogP contribution in [-0.2, 0) is 0 Å². The maximum atomic E-state index is 5.97. The molecule has 6 heteroatoms. The Bertz CT molecular complexity index is 548. The van der Waals surface area contributed by atoms with Gasteiger partial charge in [0.05, 0.1) is 10.0 Å². The van der Waals surface area contributed by atoms with Crippen molar-refractivity contribution in [3.05, 3.63) is 58.6 Å². The van der Waals surface area contributed by atoms with E-state index in [1.54, 1.807) is 11.8 Å². The maximum Gasteiger partial charge on any atom is 0.0556 e. The van der Waals surface area contributed by atoms with Gasteiger partial charge in [0.15, 0.2) is 0 Å². The van der Waals surface area contributed by atoms with Crippen LogP contribution in [0, 0.1) is 0 Å². The average molecular weight is 403 g/mol. The fourth-order valence-electron chi connectivity index (χ4n) is 1.67. The number of thioether (sulfide) groups is 2. The van der Waals surface area contributed by atoms with Gasteiger partial charge in [0.1, 0.15) is 0 Å². The molecule has 0 saturated heterocycles. The van der Waals surface area contributed by atoms with Crippen LogP contribution in [0.3, 0.4) is 0 Å². The molecule has 0 fully saturated rings. The lowest BCUT2D eigenvalue weighted by atomic mass is 10.4. The maximum absolute atomic E-state index is 5.97. The molecule has 0 atom stereocenters. The predicted molar refractivity (Wildman–Crippen MR) is 112 cm³/mol. The first-order chi connectivity index (χ1) is 11.7. The third-order valence-corrected chi connectivity index (χ3v) is 6.05. The van der Waals surface area contributed by atoms with Crippen LogP contribution in [0.5, 0.6) is 0 Å². The summed E-state index contributed by atoms with van der Waals surface area (Å²) < 4.78 is 0. The third-order valence-electron chi connectivity index (χ3n) is 2.87. The normalized spacial score (nSPS) is 10.2. The molecule has 2 nitrogen and oxygen atoms in total. The Balaban J connectivity index is 0.000000243. The Labute approximate surface area is 163 Å². The largest absolute Gasteiger partial charge is 0.330 e. The topological polar surface area (TPSA) is 52.0 Å². The van der Waals surface area contributed by atoms with Gasteiger partial charge in [-0.05, 0) is 61.7 Å². The number of rotatable bonds is 8. The molecule has 0 radical (unpaired) electrons. The van der Waals surface area contributed by atoms with Gasteiger partial charge < -0.3 is 11.5 Å². The summed E-state index contributed by atoms with van der Waals surface area (Å²) in [5, 5.41) is 1.43. The van der Waals surface area contributed by atoms with Gasteiger partial charge in [-0.2, -0.15) is 0 Å². The lowest BCUT2D eigenvalue weighted by Crippen LogP contribution is -1.99. The SMILES string of the molecule is NCCCSc1c(Cl)cccc1Cl.NCCCSc1ccccc1. The predicted octanol–water partition coefficient (Wildman–Crippen LogP) is 5.56. The summed E-state index contributed by atoms with van der Waals surface area (Å²) in [6.07, 6.45) is 2.08. The van der Waals surface area contributed by atoms with Crippen molar-refractivity contribution in [2.24, 2.45) is 11.5 Å². The van der Waals surface area contributed by atoms with Crippen molar-refractivity contribution in [2.75, 3.05) is 24.6 Å². The Morgan fingerprint density at radius 2 is 1.25 bits per heavy atom. The number of hydrogen-bond acceptors (Lipinski definition) is 4. The van der Waals surface area contributed by atoms with Gasteiger partial charge in [-0.15, -0.1) is 23.5 Å². The quantitative estimate of drug-likeness (QED) is 0.447. The molecule has 132 valence electrons. The highest BCUT2D eigenvalue weighted by Gasteiger charge is 2.04. The standard InChI is InChI=1S/C9H11Cl2NS.C9H13NS/c10-7-3-1-4-8(11)9(7)13-6-2-5-12;10-7-4-8-11-9-5-2-1-3-6-9/h1,3-4H,2,5-6,12H2;1-3,5-6H,4,7-8,10H2. The zero-order valence-corrected chi connectivity index (χ0v) is 16.7. The fraction of sp³-hybridized carbons (Fsp3) is 0.333. The van der Waals surface area contributed by atoms with E-state index in [0.29, 0.717) is 6.54 Å². The fourth-order valence-corrected chi connectivity index (χ4v) is 4.22. The highest BCUT2D eigenvalue weighted by Crippen LogP contribution is 2.33. The summed E-state index contributed by atoms with van der Waals surface area (Å²) in [6, 6.07) is 15.9. The van der Waals surface area contributed by atoms with E-state index in [9.17, 15) is 0 Å². The Kier molecular flexibility index (Phi) is 12.5. The van der Waals surface area contributed by atoms with Crippen molar-refractivity contribution in [1.29, 1.82) is 0 Å². The van der Waals surface area contributed by atoms with Crippen LogP contribution >= 0.6 is 46.7 Å². The first kappa shape index (κ1) is 21.7. The van der Waals surface area contributed by atoms with Crippen molar-refractivity contribution in [3.63, 3.8) is 0 Å². The molecule has 2 aromatic rings. The number of halogens is 2. The van der Waals surface area contributed by atoms with Crippen molar-refractivity contribution >= 4 is 46.7 Å². The van der Waals surface area contributed by atoms with Crippen LogP contribution in [0.1, 0.15) is 12.8 Å². The second-order valence-corrected chi connectivity index (χ2v) is 7.93. The second-order valence-electron chi connectivity index (χ2n) is 4.85. The molecule has 0 aliphatic heterocycles. The van der Waals surface area contributed by atoms with Crippen molar-refractivity contribution in [3.8, 4) is 0 Å². The number of hydrogen-bond donors (Lipinski definition) is 2. The van der Waals surface area contributed by atoms with E-state index in [1.165, 1.54) is 4.90 Å². The minimum atomic E-state index is 0.703. The summed E-state index contributed by atoms with van der Waals surface area (Å²) in [6.45, 7) is 1.49. The highest BCUT2D eigenvalue weighted by molar-refractivity contribution is 7.99. The van der Waals surface area contributed by atoms with Gasteiger partial charge in [0.2, 0.25) is 0 Å². The van der Waals surface area contributed by atoms with Crippen molar-refractivity contribution in [2.45, 2.75) is 22.6 Å². The summed E-state index contributed by atoms with van der Waals surface area (Å²) in [5.41, 5.74) is 10.8. The number of nitrogens with two attached hydrogens (primary N) is 2. The lowest BCUT2D eigenvalue weighted by molar-refractivity contribution is 0.943. The molecule has 2 rings (SSSR count). The first-order valence-corrected chi connectivity index (χ1v) is 10.6. The van der Waals surface area contributed by atoms with E-state index < -0.39 is 0 Å². The summed E-state index contributed by atoms with van der Waals surface area (Å²) >= 11 is 15.5. The van der Waals surface area contributed by atoms with E-state index in [2.05, 4.69) is 24.3 Å². The Hall–Kier alpha value is -0.360. The molecule has 0 saturated carbocycles. The van der Waals surface area contributed by atoms with Gasteiger partial charge in [0, 0.05) is 9.79 Å². The monoisotopic (exact) mass is 402 g/mol. The summed E-state index contributed by atoms with van der Waals surface area (Å²) in [4.78, 5) is 2.29. The smallest absolute Gasteiger partial charge is 0.0556 e. The molecular formula is C18H24Cl2N2S2. The average Bonchev–Trinajstić information content (AvgIpc) is 2.59. The minimum absolute atomic E-state index is 0.703. The van der Waals surface area contributed by atoms with E-state index >= 15 is 0 Å². The second kappa shape index (κ2) is 13.9. The summed E-state index contributed by atoms with van der Waals surface area (Å²) in [7, 11) is 0. The molecule has 0 unspecified atom stereocenters. The molecule has 0 aliphatic rings. The van der Waals surface area contributed by atoms with Crippen LogP contribution in [0.15, 0.2) is 58.3 Å². The molecule has 0 aliphatic carbocycles. The molecule has 0 amide bonds. The van der Waals surface area contributed by atoms with Gasteiger partial charge in [-0.1, -0.05) is 47.5 Å². The molecule has 0 aromatic heterocycles. The van der Waals surface area contributed by atoms with Crippen LogP contribution < -0.4 is 11.5 Å². The van der Waals surface area contributed by atoms with Crippen molar-refractivity contribution in [1.82, 2.24) is 0 Å². The van der Waals surface area contributed by atoms with E-state index in [0.717, 1.165) is 45.8 Å². The molecule has 4 N–H and O–H groups in total. The Morgan fingerprint density at radius 3 is 1.79 bits per heavy atom.